The van der Waals surface area contributed by atoms with Crippen molar-refractivity contribution in [3.05, 3.63) is 50.6 Å². The molecule has 1 heterocycles. The molecule has 1 aromatic heterocycles. The highest BCUT2D eigenvalue weighted by atomic mass is 79.9. The van der Waals surface area contributed by atoms with Crippen LogP contribution < -0.4 is 5.32 Å². The molecule has 0 spiro atoms. The van der Waals surface area contributed by atoms with E-state index in [1.54, 1.807) is 29.5 Å². The Bertz CT molecular complexity index is 568. The second-order valence-electron chi connectivity index (χ2n) is 3.88. The van der Waals surface area contributed by atoms with Gasteiger partial charge in [-0.1, -0.05) is 6.07 Å². The van der Waals surface area contributed by atoms with Crippen molar-refractivity contribution >= 4 is 38.9 Å². The number of nitrogens with one attached hydrogen (secondary N) is 1. The summed E-state index contributed by atoms with van der Waals surface area (Å²) in [7, 11) is 0. The number of aromatic carboxylic acids is 1. The van der Waals surface area contributed by atoms with E-state index in [2.05, 4.69) is 21.2 Å². The normalized spacial score (nSPS) is 12.1. The van der Waals surface area contributed by atoms with E-state index in [9.17, 15) is 4.79 Å². The van der Waals surface area contributed by atoms with Crippen LogP contribution in [0.2, 0.25) is 0 Å². The van der Waals surface area contributed by atoms with Crippen LogP contribution in [0.4, 0.5) is 5.69 Å². The predicted molar refractivity (Wildman–Crippen MR) is 77.5 cm³/mol. The molecule has 1 aromatic carbocycles. The lowest BCUT2D eigenvalue weighted by molar-refractivity contribution is 0.0697. The van der Waals surface area contributed by atoms with Gasteiger partial charge in [0.05, 0.1) is 11.6 Å². The SMILES string of the molecule is CC(Nc1cccc(C(=O)O)c1)c1sccc1Br. The average molecular weight is 326 g/mol. The highest BCUT2D eigenvalue weighted by molar-refractivity contribution is 9.10. The number of hydrogen-bond acceptors (Lipinski definition) is 3. The van der Waals surface area contributed by atoms with E-state index >= 15 is 0 Å². The van der Waals surface area contributed by atoms with Crippen molar-refractivity contribution in [2.45, 2.75) is 13.0 Å². The molecule has 0 fully saturated rings. The van der Waals surface area contributed by atoms with E-state index in [0.29, 0.717) is 0 Å². The zero-order chi connectivity index (χ0) is 13.1. The average Bonchev–Trinajstić information content (AvgIpc) is 2.76. The fourth-order valence-electron chi connectivity index (χ4n) is 1.67. The standard InChI is InChI=1S/C13H12BrNO2S/c1-8(12-11(14)5-6-18-12)15-10-4-2-3-9(7-10)13(16)17/h2-8,15H,1H3,(H,16,17). The van der Waals surface area contributed by atoms with Crippen LogP contribution in [0.25, 0.3) is 0 Å². The summed E-state index contributed by atoms with van der Waals surface area (Å²) in [5.41, 5.74) is 1.10. The monoisotopic (exact) mass is 325 g/mol. The van der Waals surface area contributed by atoms with Crippen LogP contribution >= 0.6 is 27.3 Å². The third-order valence-electron chi connectivity index (χ3n) is 2.53. The van der Waals surface area contributed by atoms with Gasteiger partial charge in [-0.25, -0.2) is 4.79 Å². The van der Waals surface area contributed by atoms with Gasteiger partial charge < -0.3 is 10.4 Å². The van der Waals surface area contributed by atoms with E-state index in [0.717, 1.165) is 10.2 Å². The molecule has 0 saturated carbocycles. The fraction of sp³-hybridized carbons (Fsp3) is 0.154. The summed E-state index contributed by atoms with van der Waals surface area (Å²) in [5.74, 6) is -0.913. The summed E-state index contributed by atoms with van der Waals surface area (Å²) >= 11 is 5.16. The number of benzene rings is 1. The van der Waals surface area contributed by atoms with E-state index in [-0.39, 0.29) is 11.6 Å². The molecule has 2 aromatic rings. The highest BCUT2D eigenvalue weighted by Crippen LogP contribution is 2.31. The molecule has 1 unspecified atom stereocenters. The van der Waals surface area contributed by atoms with Gasteiger partial charge in [0.15, 0.2) is 0 Å². The minimum Gasteiger partial charge on any atom is -0.478 e. The Morgan fingerprint density at radius 2 is 2.22 bits per heavy atom. The zero-order valence-electron chi connectivity index (χ0n) is 9.68. The topological polar surface area (TPSA) is 49.3 Å². The van der Waals surface area contributed by atoms with Crippen LogP contribution in [0.5, 0.6) is 0 Å². The van der Waals surface area contributed by atoms with Crippen LogP contribution in [0, 0.1) is 0 Å². The maximum Gasteiger partial charge on any atom is 0.335 e. The molecule has 0 saturated heterocycles. The molecule has 0 bridgehead atoms. The minimum absolute atomic E-state index is 0.128. The number of carboxylic acids is 1. The first-order valence-electron chi connectivity index (χ1n) is 5.40. The van der Waals surface area contributed by atoms with Crippen molar-refractivity contribution in [3.8, 4) is 0 Å². The van der Waals surface area contributed by atoms with Crippen LogP contribution in [-0.4, -0.2) is 11.1 Å². The van der Waals surface area contributed by atoms with Crippen LogP contribution in [0.15, 0.2) is 40.2 Å². The molecule has 2 N–H and O–H groups in total. The number of thiophene rings is 1. The summed E-state index contributed by atoms with van der Waals surface area (Å²) in [6, 6.07) is 8.96. The molecule has 94 valence electrons. The first-order chi connectivity index (χ1) is 8.58. The summed E-state index contributed by atoms with van der Waals surface area (Å²) in [4.78, 5) is 12.1. The minimum atomic E-state index is -0.913. The van der Waals surface area contributed by atoms with Gasteiger partial charge >= 0.3 is 5.97 Å². The Labute approximate surface area is 118 Å². The second-order valence-corrected chi connectivity index (χ2v) is 5.69. The summed E-state index contributed by atoms with van der Waals surface area (Å²) in [6.45, 7) is 2.05. The maximum absolute atomic E-state index is 10.9. The summed E-state index contributed by atoms with van der Waals surface area (Å²) in [5, 5.41) is 14.3. The Kier molecular flexibility index (Phi) is 4.04. The van der Waals surface area contributed by atoms with Gasteiger partial charge in [-0.3, -0.25) is 0 Å². The second kappa shape index (κ2) is 5.54. The molecule has 2 rings (SSSR count). The zero-order valence-corrected chi connectivity index (χ0v) is 12.1. The summed E-state index contributed by atoms with van der Waals surface area (Å²) < 4.78 is 1.07. The predicted octanol–water partition coefficient (Wildman–Crippen LogP) is 4.38. The molecule has 5 heteroatoms. The van der Waals surface area contributed by atoms with Crippen molar-refractivity contribution in [1.29, 1.82) is 0 Å². The molecule has 0 radical (unpaired) electrons. The number of carboxylic acid groups (broad SMARTS) is 1. The first-order valence-corrected chi connectivity index (χ1v) is 7.08. The van der Waals surface area contributed by atoms with Crippen molar-refractivity contribution in [2.75, 3.05) is 5.32 Å². The molecule has 18 heavy (non-hydrogen) atoms. The van der Waals surface area contributed by atoms with Gasteiger partial charge in [-0.15, -0.1) is 11.3 Å². The van der Waals surface area contributed by atoms with Crippen LogP contribution in [0.3, 0.4) is 0 Å². The number of carbonyl (C=O) groups is 1. The molecular weight excluding hydrogens is 314 g/mol. The van der Waals surface area contributed by atoms with Crippen molar-refractivity contribution in [3.63, 3.8) is 0 Å². The van der Waals surface area contributed by atoms with E-state index in [4.69, 9.17) is 5.11 Å². The van der Waals surface area contributed by atoms with Gasteiger partial charge in [-0.2, -0.15) is 0 Å². The third-order valence-corrected chi connectivity index (χ3v) is 4.58. The molecule has 1 atom stereocenters. The number of anilines is 1. The molecule has 0 aliphatic carbocycles. The van der Waals surface area contributed by atoms with Crippen molar-refractivity contribution in [1.82, 2.24) is 0 Å². The highest BCUT2D eigenvalue weighted by Gasteiger charge is 2.11. The molecule has 0 aliphatic heterocycles. The maximum atomic E-state index is 10.9. The molecule has 0 amide bonds. The number of halogens is 1. The first kappa shape index (κ1) is 13.1. The number of hydrogen-bond donors (Lipinski definition) is 2. The quantitative estimate of drug-likeness (QED) is 0.876. The van der Waals surface area contributed by atoms with E-state index < -0.39 is 5.97 Å². The lowest BCUT2D eigenvalue weighted by Crippen LogP contribution is -2.06. The lowest BCUT2D eigenvalue weighted by Gasteiger charge is -2.14. The Hall–Kier alpha value is -1.33. The van der Waals surface area contributed by atoms with E-state index in [1.807, 2.05) is 24.4 Å². The molecular formula is C13H12BrNO2S. The Morgan fingerprint density at radius 3 is 2.83 bits per heavy atom. The van der Waals surface area contributed by atoms with Crippen molar-refractivity contribution < 1.29 is 9.90 Å². The lowest BCUT2D eigenvalue weighted by atomic mass is 10.2. The van der Waals surface area contributed by atoms with Crippen molar-refractivity contribution in [2.24, 2.45) is 0 Å². The van der Waals surface area contributed by atoms with E-state index in [1.165, 1.54) is 4.88 Å². The molecule has 0 aliphatic rings. The van der Waals surface area contributed by atoms with Gasteiger partial charge in [0.25, 0.3) is 0 Å². The van der Waals surface area contributed by atoms with Gasteiger partial charge in [0, 0.05) is 15.0 Å². The van der Waals surface area contributed by atoms with Gasteiger partial charge in [-0.05, 0) is 52.5 Å². The van der Waals surface area contributed by atoms with Gasteiger partial charge in [0.1, 0.15) is 0 Å². The van der Waals surface area contributed by atoms with Crippen LogP contribution in [0.1, 0.15) is 28.2 Å². The number of rotatable bonds is 4. The Morgan fingerprint density at radius 1 is 1.44 bits per heavy atom. The largest absolute Gasteiger partial charge is 0.478 e. The Balaban J connectivity index is 2.17. The fourth-order valence-corrected chi connectivity index (χ4v) is 3.40. The third kappa shape index (κ3) is 2.91. The smallest absolute Gasteiger partial charge is 0.335 e. The molecule has 3 nitrogen and oxygen atoms in total. The van der Waals surface area contributed by atoms with Crippen LogP contribution in [-0.2, 0) is 0 Å². The summed E-state index contributed by atoms with van der Waals surface area (Å²) in [6.07, 6.45) is 0. The van der Waals surface area contributed by atoms with Gasteiger partial charge in [0.2, 0.25) is 0 Å².